The highest BCUT2D eigenvalue weighted by Gasteiger charge is 2.23. The van der Waals surface area contributed by atoms with E-state index < -0.39 is 10.0 Å². The van der Waals surface area contributed by atoms with E-state index >= 15 is 0 Å². The Morgan fingerprint density at radius 2 is 1.43 bits per heavy atom. The van der Waals surface area contributed by atoms with Crippen molar-refractivity contribution in [2.75, 3.05) is 23.7 Å². The molecule has 1 fully saturated rings. The zero-order chi connectivity index (χ0) is 25.7. The number of anilines is 3. The molecule has 0 saturated heterocycles. The van der Waals surface area contributed by atoms with Gasteiger partial charge < -0.3 is 10.6 Å². The number of nitrogens with one attached hydrogen (secondary N) is 3. The third-order valence-corrected chi connectivity index (χ3v) is 8.53. The van der Waals surface area contributed by atoms with Crippen LogP contribution in [-0.4, -0.2) is 31.5 Å². The summed E-state index contributed by atoms with van der Waals surface area (Å²) >= 11 is 5.87. The number of nitrogens with zero attached hydrogens (tertiary/aromatic N) is 2. The Bertz CT molecular complexity index is 1440. The molecule has 3 N–H and O–H groups in total. The fourth-order valence-electron chi connectivity index (χ4n) is 4.71. The average Bonchev–Trinajstić information content (AvgIpc) is 2.92. The molecule has 5 rings (SSSR count). The molecule has 0 atom stereocenters. The summed E-state index contributed by atoms with van der Waals surface area (Å²) < 4.78 is 27.9. The lowest BCUT2D eigenvalue weighted by Gasteiger charge is -2.28. The molecule has 4 aromatic rings. The third kappa shape index (κ3) is 6.57. The first kappa shape index (κ1) is 25.4. The van der Waals surface area contributed by atoms with Crippen LogP contribution < -0.4 is 15.4 Å². The predicted molar refractivity (Wildman–Crippen MR) is 150 cm³/mol. The SMILES string of the molecule is O=S(=O)(NCC1CCC(CNc2nc(Nc3ccccc3)c3ccccc3n2)CC1)c1ccc(Cl)cc1. The number of fused-ring (bicyclic) bond motifs is 1. The van der Waals surface area contributed by atoms with E-state index in [1.807, 2.05) is 54.6 Å². The molecule has 37 heavy (non-hydrogen) atoms. The van der Waals surface area contributed by atoms with Gasteiger partial charge in [0, 0.05) is 29.2 Å². The summed E-state index contributed by atoms with van der Waals surface area (Å²) in [6.45, 7) is 1.24. The lowest BCUT2D eigenvalue weighted by molar-refractivity contribution is 0.284. The van der Waals surface area contributed by atoms with Gasteiger partial charge in [0.15, 0.2) is 0 Å². The number of hydrogen-bond acceptors (Lipinski definition) is 6. The van der Waals surface area contributed by atoms with Crippen LogP contribution in [-0.2, 0) is 10.0 Å². The van der Waals surface area contributed by atoms with Gasteiger partial charge in [0.2, 0.25) is 16.0 Å². The Hall–Kier alpha value is -3.20. The largest absolute Gasteiger partial charge is 0.354 e. The van der Waals surface area contributed by atoms with E-state index in [9.17, 15) is 8.42 Å². The van der Waals surface area contributed by atoms with E-state index in [0.29, 0.717) is 29.4 Å². The van der Waals surface area contributed by atoms with Gasteiger partial charge in [-0.15, -0.1) is 0 Å². The second-order valence-corrected chi connectivity index (χ2v) is 11.7. The molecule has 1 heterocycles. The van der Waals surface area contributed by atoms with Crippen molar-refractivity contribution in [1.82, 2.24) is 14.7 Å². The van der Waals surface area contributed by atoms with Crippen molar-refractivity contribution in [3.8, 4) is 0 Å². The molecule has 7 nitrogen and oxygen atoms in total. The van der Waals surface area contributed by atoms with Crippen molar-refractivity contribution in [1.29, 1.82) is 0 Å². The van der Waals surface area contributed by atoms with E-state index in [1.165, 1.54) is 12.1 Å². The van der Waals surface area contributed by atoms with Crippen LogP contribution in [0, 0.1) is 11.8 Å². The van der Waals surface area contributed by atoms with Crippen LogP contribution in [0.3, 0.4) is 0 Å². The first-order valence-electron chi connectivity index (χ1n) is 12.5. The first-order chi connectivity index (χ1) is 18.0. The van der Waals surface area contributed by atoms with Gasteiger partial charge in [-0.3, -0.25) is 0 Å². The molecule has 1 aliphatic carbocycles. The average molecular weight is 536 g/mol. The van der Waals surface area contributed by atoms with Crippen LogP contribution in [0.5, 0.6) is 0 Å². The molecule has 0 amide bonds. The van der Waals surface area contributed by atoms with Gasteiger partial charge in [-0.1, -0.05) is 41.9 Å². The molecule has 0 bridgehead atoms. The Morgan fingerprint density at radius 1 is 0.784 bits per heavy atom. The van der Waals surface area contributed by atoms with E-state index in [0.717, 1.165) is 54.6 Å². The molecular formula is C28H30ClN5O2S. The second kappa shape index (κ2) is 11.5. The maximum atomic E-state index is 12.6. The molecule has 0 radical (unpaired) electrons. The summed E-state index contributed by atoms with van der Waals surface area (Å²) in [6, 6.07) is 24.2. The summed E-state index contributed by atoms with van der Waals surface area (Å²) in [5, 5.41) is 8.35. The third-order valence-electron chi connectivity index (χ3n) is 6.84. The molecule has 1 saturated carbocycles. The van der Waals surface area contributed by atoms with Crippen molar-refractivity contribution in [3.05, 3.63) is 83.9 Å². The normalized spacial score (nSPS) is 18.0. The summed E-state index contributed by atoms with van der Waals surface area (Å²) in [5.74, 6) is 2.20. The van der Waals surface area contributed by atoms with Crippen LogP contribution in [0.1, 0.15) is 25.7 Å². The number of hydrogen-bond donors (Lipinski definition) is 3. The smallest absolute Gasteiger partial charge is 0.240 e. The summed E-state index contributed by atoms with van der Waals surface area (Å²) in [6.07, 6.45) is 4.02. The molecule has 0 aliphatic heterocycles. The minimum absolute atomic E-state index is 0.242. The molecular weight excluding hydrogens is 506 g/mol. The lowest BCUT2D eigenvalue weighted by Crippen LogP contribution is -2.32. The maximum Gasteiger partial charge on any atom is 0.240 e. The van der Waals surface area contributed by atoms with E-state index in [-0.39, 0.29) is 4.90 Å². The summed E-state index contributed by atoms with van der Waals surface area (Å²) in [7, 11) is -3.52. The van der Waals surface area contributed by atoms with Crippen molar-refractivity contribution in [2.45, 2.75) is 30.6 Å². The predicted octanol–water partition coefficient (Wildman–Crippen LogP) is 6.22. The zero-order valence-electron chi connectivity index (χ0n) is 20.4. The highest BCUT2D eigenvalue weighted by atomic mass is 35.5. The molecule has 1 aliphatic rings. The number of rotatable bonds is 9. The summed E-state index contributed by atoms with van der Waals surface area (Å²) in [5.41, 5.74) is 1.86. The van der Waals surface area contributed by atoms with Gasteiger partial charge in [-0.05, 0) is 86.1 Å². The highest BCUT2D eigenvalue weighted by Crippen LogP contribution is 2.30. The maximum absolute atomic E-state index is 12.6. The van der Waals surface area contributed by atoms with Gasteiger partial charge in [0.1, 0.15) is 5.82 Å². The molecule has 9 heteroatoms. The van der Waals surface area contributed by atoms with Crippen molar-refractivity contribution in [3.63, 3.8) is 0 Å². The summed E-state index contributed by atoms with van der Waals surface area (Å²) in [4.78, 5) is 9.73. The fraction of sp³-hybridized carbons (Fsp3) is 0.286. The van der Waals surface area contributed by atoms with Crippen LogP contribution in [0.2, 0.25) is 5.02 Å². The minimum atomic E-state index is -3.52. The van der Waals surface area contributed by atoms with E-state index in [4.69, 9.17) is 21.6 Å². The van der Waals surface area contributed by atoms with Gasteiger partial charge in [-0.25, -0.2) is 18.1 Å². The number of sulfonamides is 1. The van der Waals surface area contributed by atoms with Crippen LogP contribution in [0.15, 0.2) is 83.8 Å². The van der Waals surface area contributed by atoms with E-state index in [2.05, 4.69) is 15.4 Å². The number of aromatic nitrogens is 2. The first-order valence-corrected chi connectivity index (χ1v) is 14.4. The van der Waals surface area contributed by atoms with Gasteiger partial charge in [0.25, 0.3) is 0 Å². The van der Waals surface area contributed by atoms with Gasteiger partial charge in [-0.2, -0.15) is 4.98 Å². The zero-order valence-corrected chi connectivity index (χ0v) is 22.0. The Morgan fingerprint density at radius 3 is 2.16 bits per heavy atom. The standard InChI is InChI=1S/C28H30ClN5O2S/c29-22-14-16-24(17-15-22)37(35,36)31-19-21-12-10-20(11-13-21)18-30-28-33-26-9-5-4-8-25(26)27(34-28)32-23-6-2-1-3-7-23/h1-9,14-17,20-21,31H,10-13,18-19H2,(H2,30,32,33,34). The monoisotopic (exact) mass is 535 g/mol. The highest BCUT2D eigenvalue weighted by molar-refractivity contribution is 7.89. The van der Waals surface area contributed by atoms with Gasteiger partial charge in [0.05, 0.1) is 10.4 Å². The van der Waals surface area contributed by atoms with Gasteiger partial charge >= 0.3 is 0 Å². The van der Waals surface area contributed by atoms with Crippen molar-refractivity contribution in [2.24, 2.45) is 11.8 Å². The van der Waals surface area contributed by atoms with E-state index in [1.54, 1.807) is 12.1 Å². The molecule has 0 unspecified atom stereocenters. The molecule has 0 spiro atoms. The van der Waals surface area contributed by atoms with Crippen LogP contribution >= 0.6 is 11.6 Å². The second-order valence-electron chi connectivity index (χ2n) is 9.48. The number of para-hydroxylation sites is 2. The Balaban J connectivity index is 1.15. The van der Waals surface area contributed by atoms with Crippen molar-refractivity contribution < 1.29 is 8.42 Å². The molecule has 1 aromatic heterocycles. The van der Waals surface area contributed by atoms with Crippen molar-refractivity contribution >= 4 is 50.0 Å². The quantitative estimate of drug-likeness (QED) is 0.235. The number of benzene rings is 3. The Labute approximate surface area is 222 Å². The fourth-order valence-corrected chi connectivity index (χ4v) is 5.95. The number of halogens is 1. The van der Waals surface area contributed by atoms with Crippen LogP contribution in [0.25, 0.3) is 10.9 Å². The topological polar surface area (TPSA) is 96.0 Å². The lowest BCUT2D eigenvalue weighted by atomic mass is 9.82. The molecule has 3 aromatic carbocycles. The molecule has 192 valence electrons. The Kier molecular flexibility index (Phi) is 7.88. The van der Waals surface area contributed by atoms with Crippen LogP contribution in [0.4, 0.5) is 17.5 Å². The minimum Gasteiger partial charge on any atom is -0.354 e.